The fourth-order valence-corrected chi connectivity index (χ4v) is 6.85. The number of rotatable bonds is 6. The normalized spacial score (nSPS) is 18.6. The molecule has 0 spiro atoms. The Morgan fingerprint density at radius 3 is 2.44 bits per heavy atom. The fourth-order valence-electron chi connectivity index (χ4n) is 4.19. The van der Waals surface area contributed by atoms with Gasteiger partial charge in [0.15, 0.2) is 0 Å². The average Bonchev–Trinajstić information content (AvgIpc) is 3.21. The highest BCUT2D eigenvalue weighted by Gasteiger charge is 2.40. The minimum atomic E-state index is -2.10. The SMILES string of the molecule is CCCn1c2ccccc2c2cc(/C=C3\SC(S)N(CC)C3=O)c(O[Si](C)(C)C(C)(C)C)cc21. The van der Waals surface area contributed by atoms with Gasteiger partial charge in [-0.15, -0.1) is 12.6 Å². The fraction of sp³-hybridized carbons (Fsp3) is 0.444. The molecule has 0 saturated carbocycles. The Hall–Kier alpha value is -1.83. The summed E-state index contributed by atoms with van der Waals surface area (Å²) in [5, 5.41) is 2.50. The molecule has 0 bridgehead atoms. The van der Waals surface area contributed by atoms with Gasteiger partial charge in [0, 0.05) is 41.0 Å². The number of hydrogen-bond donors (Lipinski definition) is 1. The van der Waals surface area contributed by atoms with Crippen LogP contribution < -0.4 is 4.43 Å². The zero-order chi connectivity index (χ0) is 24.8. The third kappa shape index (κ3) is 4.42. The lowest BCUT2D eigenvalue weighted by Crippen LogP contribution is -2.44. The Kier molecular flexibility index (Phi) is 6.93. The quantitative estimate of drug-likeness (QED) is 0.208. The minimum absolute atomic E-state index is 0.0410. The van der Waals surface area contributed by atoms with E-state index in [4.69, 9.17) is 4.43 Å². The molecule has 0 N–H and O–H groups in total. The summed E-state index contributed by atoms with van der Waals surface area (Å²) < 4.78 is 9.14. The summed E-state index contributed by atoms with van der Waals surface area (Å²) >= 11 is 6.13. The molecule has 3 aromatic rings. The van der Waals surface area contributed by atoms with Gasteiger partial charge in [0.1, 0.15) is 10.5 Å². The molecule has 34 heavy (non-hydrogen) atoms. The van der Waals surface area contributed by atoms with Crippen LogP contribution in [0.1, 0.15) is 46.6 Å². The molecule has 1 fully saturated rings. The topological polar surface area (TPSA) is 34.5 Å². The predicted molar refractivity (Wildman–Crippen MR) is 153 cm³/mol. The molecule has 1 aliphatic heterocycles. The van der Waals surface area contributed by atoms with Crippen LogP contribution in [0.3, 0.4) is 0 Å². The Bertz CT molecular complexity index is 1270. The number of para-hydroxylation sites is 1. The standard InChI is InChI=1S/C27H36N2O2S2Si/c1-8-14-29-21-13-11-10-12-19(21)20-15-18(16-24-25(30)28(9-2)26(32)33-24)23(17-22(20)29)31-34(6,7)27(3,4)5/h10-13,15-17,26,32H,8-9,14H2,1-7H3/b24-16-. The summed E-state index contributed by atoms with van der Waals surface area (Å²) in [6.07, 6.45) is 3.07. The average molecular weight is 513 g/mol. The molecular weight excluding hydrogens is 477 g/mol. The molecule has 182 valence electrons. The summed E-state index contributed by atoms with van der Waals surface area (Å²) in [6, 6.07) is 13.0. The van der Waals surface area contributed by atoms with Crippen LogP contribution in [0.15, 0.2) is 41.3 Å². The van der Waals surface area contributed by atoms with Crippen LogP contribution in [0.5, 0.6) is 5.75 Å². The molecule has 0 radical (unpaired) electrons. The van der Waals surface area contributed by atoms with E-state index in [1.54, 1.807) is 4.90 Å². The first kappa shape index (κ1) is 25.3. The van der Waals surface area contributed by atoms with Crippen molar-refractivity contribution in [3.8, 4) is 5.75 Å². The number of fused-ring (bicyclic) bond motifs is 3. The molecule has 0 aliphatic carbocycles. The lowest BCUT2D eigenvalue weighted by Gasteiger charge is -2.37. The maximum Gasteiger partial charge on any atom is 0.261 e. The molecule has 1 saturated heterocycles. The molecule has 1 amide bonds. The van der Waals surface area contributed by atoms with Crippen molar-refractivity contribution in [2.75, 3.05) is 6.54 Å². The number of aryl methyl sites for hydroxylation is 1. The van der Waals surface area contributed by atoms with Crippen LogP contribution >= 0.6 is 24.4 Å². The highest BCUT2D eigenvalue weighted by atomic mass is 32.2. The van der Waals surface area contributed by atoms with Crippen LogP contribution in [-0.4, -0.2) is 34.9 Å². The van der Waals surface area contributed by atoms with Gasteiger partial charge in [-0.3, -0.25) is 4.79 Å². The number of carbonyl (C=O) groups is 1. The second-order valence-corrected chi connectivity index (χ2v) is 17.2. The number of nitrogens with zero attached hydrogens (tertiary/aromatic N) is 2. The van der Waals surface area contributed by atoms with Crippen molar-refractivity contribution in [1.82, 2.24) is 9.47 Å². The number of benzene rings is 2. The Morgan fingerprint density at radius 2 is 1.82 bits per heavy atom. The summed E-state index contributed by atoms with van der Waals surface area (Å²) in [5.41, 5.74) is 3.39. The third-order valence-corrected chi connectivity index (χ3v) is 13.1. The molecule has 2 aromatic carbocycles. The van der Waals surface area contributed by atoms with E-state index in [-0.39, 0.29) is 15.7 Å². The first-order valence-electron chi connectivity index (χ1n) is 12.1. The summed E-state index contributed by atoms with van der Waals surface area (Å²) in [7, 11) is -2.10. The van der Waals surface area contributed by atoms with Gasteiger partial charge in [0.25, 0.3) is 14.2 Å². The lowest BCUT2D eigenvalue weighted by molar-refractivity contribution is -0.124. The van der Waals surface area contributed by atoms with Crippen molar-refractivity contribution in [3.05, 3.63) is 46.9 Å². The monoisotopic (exact) mass is 512 g/mol. The Morgan fingerprint density at radius 1 is 1.12 bits per heavy atom. The largest absolute Gasteiger partial charge is 0.543 e. The van der Waals surface area contributed by atoms with E-state index in [1.165, 1.54) is 33.6 Å². The van der Waals surface area contributed by atoms with Gasteiger partial charge in [-0.2, -0.15) is 0 Å². The number of thioether (sulfide) groups is 1. The Labute approximate surface area is 214 Å². The van der Waals surface area contributed by atoms with Gasteiger partial charge in [0.2, 0.25) is 0 Å². The number of hydrogen-bond acceptors (Lipinski definition) is 4. The maximum absolute atomic E-state index is 13.0. The van der Waals surface area contributed by atoms with E-state index in [2.05, 4.69) is 94.4 Å². The van der Waals surface area contributed by atoms with Crippen molar-refractivity contribution in [3.63, 3.8) is 0 Å². The van der Waals surface area contributed by atoms with E-state index in [9.17, 15) is 4.79 Å². The zero-order valence-electron chi connectivity index (χ0n) is 21.3. The number of thiol groups is 1. The molecule has 4 nitrogen and oxygen atoms in total. The van der Waals surface area contributed by atoms with E-state index in [0.717, 1.165) is 29.2 Å². The predicted octanol–water partition coefficient (Wildman–Crippen LogP) is 7.74. The Balaban J connectivity index is 1.96. The van der Waals surface area contributed by atoms with E-state index in [1.807, 2.05) is 13.0 Å². The summed E-state index contributed by atoms with van der Waals surface area (Å²) in [4.78, 5) is 15.5. The summed E-state index contributed by atoms with van der Waals surface area (Å²) in [5.74, 6) is 0.907. The first-order chi connectivity index (χ1) is 16.0. The van der Waals surface area contributed by atoms with Gasteiger partial charge >= 0.3 is 0 Å². The van der Waals surface area contributed by atoms with Crippen molar-refractivity contribution in [1.29, 1.82) is 0 Å². The molecule has 2 heterocycles. The van der Waals surface area contributed by atoms with E-state index in [0.29, 0.717) is 6.54 Å². The van der Waals surface area contributed by atoms with Crippen LogP contribution in [0.2, 0.25) is 18.1 Å². The van der Waals surface area contributed by atoms with Crippen LogP contribution in [-0.2, 0) is 11.3 Å². The van der Waals surface area contributed by atoms with Crippen LogP contribution in [0.25, 0.3) is 27.9 Å². The molecule has 7 heteroatoms. The molecule has 1 aromatic heterocycles. The van der Waals surface area contributed by atoms with Crippen molar-refractivity contribution in [2.45, 2.75) is 70.4 Å². The van der Waals surface area contributed by atoms with E-state index < -0.39 is 8.32 Å². The van der Waals surface area contributed by atoms with Gasteiger partial charge in [-0.1, -0.05) is 57.7 Å². The van der Waals surface area contributed by atoms with Gasteiger partial charge in [-0.25, -0.2) is 0 Å². The smallest absolute Gasteiger partial charge is 0.261 e. The molecule has 4 rings (SSSR count). The third-order valence-electron chi connectivity index (χ3n) is 7.12. The van der Waals surface area contributed by atoms with Gasteiger partial charge in [-0.05, 0) is 49.7 Å². The highest BCUT2D eigenvalue weighted by molar-refractivity contribution is 8.14. The van der Waals surface area contributed by atoms with E-state index >= 15 is 0 Å². The van der Waals surface area contributed by atoms with Gasteiger partial charge in [0.05, 0.1) is 10.4 Å². The number of aromatic nitrogens is 1. The second kappa shape index (κ2) is 9.32. The number of amides is 1. The number of likely N-dealkylation sites (N-methyl/N-ethyl adjacent to an activating group) is 1. The summed E-state index contributed by atoms with van der Waals surface area (Å²) in [6.45, 7) is 17.1. The van der Waals surface area contributed by atoms with Crippen molar-refractivity contribution in [2.24, 2.45) is 0 Å². The van der Waals surface area contributed by atoms with Crippen molar-refractivity contribution < 1.29 is 9.22 Å². The highest BCUT2D eigenvalue weighted by Crippen LogP contribution is 2.43. The first-order valence-corrected chi connectivity index (χ1v) is 16.4. The second-order valence-electron chi connectivity index (χ2n) is 10.5. The molecular formula is C27H36N2O2S2Si. The van der Waals surface area contributed by atoms with Gasteiger partial charge < -0.3 is 13.9 Å². The zero-order valence-corrected chi connectivity index (χ0v) is 24.0. The minimum Gasteiger partial charge on any atom is -0.543 e. The molecule has 1 aliphatic rings. The van der Waals surface area contributed by atoms with Crippen LogP contribution in [0, 0.1) is 0 Å². The maximum atomic E-state index is 13.0. The van der Waals surface area contributed by atoms with Crippen LogP contribution in [0.4, 0.5) is 0 Å². The number of carbonyl (C=O) groups excluding carboxylic acids is 1. The molecule has 1 unspecified atom stereocenters. The lowest BCUT2D eigenvalue weighted by atomic mass is 10.1. The van der Waals surface area contributed by atoms with Crippen molar-refractivity contribution >= 4 is 66.5 Å². The molecule has 1 atom stereocenters.